The van der Waals surface area contributed by atoms with Crippen LogP contribution in [0.25, 0.3) is 0 Å². The van der Waals surface area contributed by atoms with Crippen LogP contribution in [0.5, 0.6) is 0 Å². The summed E-state index contributed by atoms with van der Waals surface area (Å²) in [6.45, 7) is 11.3. The highest BCUT2D eigenvalue weighted by atomic mass is 15.1. The van der Waals surface area contributed by atoms with Gasteiger partial charge in [-0.25, -0.2) is 0 Å². The SMILES string of the molecule is CC(C)C1CCN(CCCC2CCCNC2)CC1. The van der Waals surface area contributed by atoms with Crippen molar-refractivity contribution in [2.75, 3.05) is 32.7 Å². The van der Waals surface area contributed by atoms with Gasteiger partial charge in [-0.05, 0) is 89.0 Å². The normalized spacial score (nSPS) is 27.8. The van der Waals surface area contributed by atoms with E-state index in [4.69, 9.17) is 0 Å². The van der Waals surface area contributed by atoms with Gasteiger partial charge in [-0.1, -0.05) is 13.8 Å². The first-order valence-electron chi connectivity index (χ1n) is 8.19. The third-order valence-electron chi connectivity index (χ3n) is 5.06. The van der Waals surface area contributed by atoms with E-state index < -0.39 is 0 Å². The maximum absolute atomic E-state index is 3.53. The highest BCUT2D eigenvalue weighted by molar-refractivity contribution is 4.75. The van der Waals surface area contributed by atoms with E-state index in [9.17, 15) is 0 Å². The molecule has 2 nitrogen and oxygen atoms in total. The Morgan fingerprint density at radius 3 is 2.56 bits per heavy atom. The molecule has 0 aliphatic carbocycles. The van der Waals surface area contributed by atoms with E-state index >= 15 is 0 Å². The number of hydrogen-bond acceptors (Lipinski definition) is 2. The van der Waals surface area contributed by atoms with Gasteiger partial charge in [0.25, 0.3) is 0 Å². The first kappa shape index (κ1) is 14.3. The molecule has 2 saturated heterocycles. The highest BCUT2D eigenvalue weighted by Gasteiger charge is 2.21. The van der Waals surface area contributed by atoms with Gasteiger partial charge in [0.2, 0.25) is 0 Å². The molecular weight excluding hydrogens is 220 g/mol. The van der Waals surface area contributed by atoms with Gasteiger partial charge in [0.1, 0.15) is 0 Å². The third kappa shape index (κ3) is 4.55. The molecule has 0 aromatic heterocycles. The van der Waals surface area contributed by atoms with Crippen LogP contribution in [0.15, 0.2) is 0 Å². The molecule has 0 saturated carbocycles. The Morgan fingerprint density at radius 1 is 1.17 bits per heavy atom. The van der Waals surface area contributed by atoms with E-state index in [1.54, 1.807) is 0 Å². The van der Waals surface area contributed by atoms with Gasteiger partial charge in [0.15, 0.2) is 0 Å². The maximum atomic E-state index is 3.53. The molecule has 2 aliphatic heterocycles. The van der Waals surface area contributed by atoms with E-state index in [0.717, 1.165) is 17.8 Å². The summed E-state index contributed by atoms with van der Waals surface area (Å²) in [4.78, 5) is 2.70. The smallest absolute Gasteiger partial charge is 0.00160 e. The Morgan fingerprint density at radius 2 is 1.94 bits per heavy atom. The van der Waals surface area contributed by atoms with Crippen molar-refractivity contribution in [1.82, 2.24) is 10.2 Å². The van der Waals surface area contributed by atoms with E-state index in [1.807, 2.05) is 0 Å². The molecule has 2 heteroatoms. The quantitative estimate of drug-likeness (QED) is 0.808. The van der Waals surface area contributed by atoms with E-state index in [1.165, 1.54) is 71.2 Å². The summed E-state index contributed by atoms with van der Waals surface area (Å²) in [5, 5.41) is 3.53. The van der Waals surface area contributed by atoms with Crippen LogP contribution in [0, 0.1) is 17.8 Å². The monoisotopic (exact) mass is 252 g/mol. The van der Waals surface area contributed by atoms with E-state index in [0.29, 0.717) is 0 Å². The van der Waals surface area contributed by atoms with Crippen LogP contribution in [0.1, 0.15) is 52.4 Å². The zero-order valence-corrected chi connectivity index (χ0v) is 12.5. The van der Waals surface area contributed by atoms with Crippen molar-refractivity contribution in [3.8, 4) is 0 Å². The molecule has 2 rings (SSSR count). The predicted molar refractivity (Wildman–Crippen MR) is 78.8 cm³/mol. The highest BCUT2D eigenvalue weighted by Crippen LogP contribution is 2.25. The Labute approximate surface area is 114 Å². The molecule has 2 heterocycles. The molecule has 106 valence electrons. The molecule has 2 aliphatic rings. The zero-order valence-electron chi connectivity index (χ0n) is 12.5. The molecule has 0 amide bonds. The van der Waals surface area contributed by atoms with Gasteiger partial charge in [0, 0.05) is 0 Å². The Bertz CT molecular complexity index is 213. The molecule has 0 radical (unpaired) electrons. The summed E-state index contributed by atoms with van der Waals surface area (Å²) < 4.78 is 0. The topological polar surface area (TPSA) is 15.3 Å². The van der Waals surface area contributed by atoms with Crippen molar-refractivity contribution in [3.63, 3.8) is 0 Å². The molecule has 0 bridgehead atoms. The zero-order chi connectivity index (χ0) is 12.8. The molecule has 0 aromatic rings. The Balaban J connectivity index is 1.55. The fourth-order valence-electron chi connectivity index (χ4n) is 3.62. The van der Waals surface area contributed by atoms with Crippen LogP contribution >= 0.6 is 0 Å². The summed E-state index contributed by atoms with van der Waals surface area (Å²) in [7, 11) is 0. The summed E-state index contributed by atoms with van der Waals surface area (Å²) in [5.74, 6) is 2.84. The largest absolute Gasteiger partial charge is 0.316 e. The van der Waals surface area contributed by atoms with Crippen molar-refractivity contribution in [1.29, 1.82) is 0 Å². The Hall–Kier alpha value is -0.0800. The number of hydrogen-bond donors (Lipinski definition) is 1. The number of rotatable bonds is 5. The lowest BCUT2D eigenvalue weighted by Crippen LogP contribution is -2.36. The third-order valence-corrected chi connectivity index (χ3v) is 5.06. The molecule has 1 unspecified atom stereocenters. The van der Waals surface area contributed by atoms with Gasteiger partial charge in [-0.2, -0.15) is 0 Å². The number of nitrogens with zero attached hydrogens (tertiary/aromatic N) is 1. The van der Waals surface area contributed by atoms with Gasteiger partial charge in [-0.3, -0.25) is 0 Å². The molecule has 0 aromatic carbocycles. The maximum Gasteiger partial charge on any atom is -0.00160 e. The molecule has 18 heavy (non-hydrogen) atoms. The van der Waals surface area contributed by atoms with E-state index in [2.05, 4.69) is 24.1 Å². The van der Waals surface area contributed by atoms with Crippen LogP contribution in [-0.2, 0) is 0 Å². The minimum absolute atomic E-state index is 0.889. The predicted octanol–water partition coefficient (Wildman–Crippen LogP) is 3.13. The summed E-state index contributed by atoms with van der Waals surface area (Å²) in [5.41, 5.74) is 0. The van der Waals surface area contributed by atoms with Crippen molar-refractivity contribution in [3.05, 3.63) is 0 Å². The van der Waals surface area contributed by atoms with Crippen LogP contribution in [0.4, 0.5) is 0 Å². The van der Waals surface area contributed by atoms with Crippen molar-refractivity contribution >= 4 is 0 Å². The minimum atomic E-state index is 0.889. The number of likely N-dealkylation sites (tertiary alicyclic amines) is 1. The molecular formula is C16H32N2. The van der Waals surface area contributed by atoms with Crippen LogP contribution in [-0.4, -0.2) is 37.6 Å². The van der Waals surface area contributed by atoms with Gasteiger partial charge in [-0.15, -0.1) is 0 Å². The summed E-state index contributed by atoms with van der Waals surface area (Å²) in [6, 6.07) is 0. The lowest BCUT2D eigenvalue weighted by atomic mass is 9.86. The van der Waals surface area contributed by atoms with Crippen LogP contribution in [0.3, 0.4) is 0 Å². The fraction of sp³-hybridized carbons (Fsp3) is 1.00. The summed E-state index contributed by atoms with van der Waals surface area (Å²) >= 11 is 0. The molecule has 0 spiro atoms. The molecule has 1 atom stereocenters. The van der Waals surface area contributed by atoms with Crippen LogP contribution in [0.2, 0.25) is 0 Å². The number of nitrogens with one attached hydrogen (secondary N) is 1. The first-order valence-corrected chi connectivity index (χ1v) is 8.19. The average Bonchev–Trinajstić information content (AvgIpc) is 2.40. The fourth-order valence-corrected chi connectivity index (χ4v) is 3.62. The van der Waals surface area contributed by atoms with Crippen LogP contribution < -0.4 is 5.32 Å². The number of piperidine rings is 2. The second kappa shape index (κ2) is 7.49. The van der Waals surface area contributed by atoms with Gasteiger partial charge in [0.05, 0.1) is 0 Å². The second-order valence-corrected chi connectivity index (χ2v) is 6.78. The van der Waals surface area contributed by atoms with Gasteiger partial charge < -0.3 is 10.2 Å². The first-order chi connectivity index (χ1) is 8.75. The second-order valence-electron chi connectivity index (χ2n) is 6.78. The van der Waals surface area contributed by atoms with Gasteiger partial charge >= 0.3 is 0 Å². The average molecular weight is 252 g/mol. The minimum Gasteiger partial charge on any atom is -0.316 e. The lowest BCUT2D eigenvalue weighted by Gasteiger charge is -2.34. The standard InChI is InChI=1S/C16H32N2/c1-14(2)16-7-11-18(12-8-16)10-4-6-15-5-3-9-17-13-15/h14-17H,3-13H2,1-2H3. The molecule has 2 fully saturated rings. The van der Waals surface area contributed by atoms with Crippen molar-refractivity contribution < 1.29 is 0 Å². The van der Waals surface area contributed by atoms with Crippen molar-refractivity contribution in [2.45, 2.75) is 52.4 Å². The molecule has 1 N–H and O–H groups in total. The lowest BCUT2D eigenvalue weighted by molar-refractivity contribution is 0.153. The summed E-state index contributed by atoms with van der Waals surface area (Å²) in [6.07, 6.45) is 8.58. The Kier molecular flexibility index (Phi) is 5.97. The van der Waals surface area contributed by atoms with Crippen molar-refractivity contribution in [2.24, 2.45) is 17.8 Å². The van der Waals surface area contributed by atoms with E-state index in [-0.39, 0.29) is 0 Å².